The maximum absolute atomic E-state index is 12.8. The van der Waals surface area contributed by atoms with Gasteiger partial charge in [0.1, 0.15) is 5.75 Å². The van der Waals surface area contributed by atoms with Crippen LogP contribution in [-0.4, -0.2) is 28.6 Å². The highest BCUT2D eigenvalue weighted by atomic mass is 35.5. The lowest BCUT2D eigenvalue weighted by atomic mass is 10.1. The van der Waals surface area contributed by atoms with E-state index in [0.29, 0.717) is 22.1 Å². The predicted molar refractivity (Wildman–Crippen MR) is 110 cm³/mol. The number of benzene rings is 2. The number of hydrogen-bond donors (Lipinski definition) is 0. The van der Waals surface area contributed by atoms with Gasteiger partial charge in [-0.15, -0.1) is 0 Å². The predicted octanol–water partition coefficient (Wildman–Crippen LogP) is 4.55. The summed E-state index contributed by atoms with van der Waals surface area (Å²) in [5.41, 5.74) is 3.68. The van der Waals surface area contributed by atoms with E-state index in [1.807, 2.05) is 32.0 Å². The molecule has 2 amide bonds. The molecule has 2 aromatic carbocycles. The summed E-state index contributed by atoms with van der Waals surface area (Å²) in [4.78, 5) is 25.5. The van der Waals surface area contributed by atoms with Crippen molar-refractivity contribution in [3.8, 4) is 5.75 Å². The maximum atomic E-state index is 12.8. The van der Waals surface area contributed by atoms with Gasteiger partial charge < -0.3 is 4.74 Å². The lowest BCUT2D eigenvalue weighted by Gasteiger charge is -2.18. The van der Waals surface area contributed by atoms with Gasteiger partial charge >= 0.3 is 0 Å². The zero-order valence-electron chi connectivity index (χ0n) is 16.2. The molecule has 0 aromatic heterocycles. The van der Waals surface area contributed by atoms with Gasteiger partial charge in [-0.05, 0) is 63.1 Å². The van der Waals surface area contributed by atoms with Crippen LogP contribution in [0.2, 0.25) is 5.02 Å². The van der Waals surface area contributed by atoms with Gasteiger partial charge in [0, 0.05) is 5.02 Å². The fraction of sp³-hybridized carbons (Fsp3) is 0.227. The second kappa shape index (κ2) is 7.98. The van der Waals surface area contributed by atoms with E-state index in [9.17, 15) is 9.59 Å². The van der Waals surface area contributed by atoms with Gasteiger partial charge in [0.2, 0.25) is 0 Å². The molecule has 1 atom stereocenters. The first-order valence-electron chi connectivity index (χ1n) is 8.91. The van der Waals surface area contributed by atoms with E-state index in [2.05, 4.69) is 5.10 Å². The first-order valence-corrected chi connectivity index (χ1v) is 9.29. The number of hydrogen-bond acceptors (Lipinski definition) is 4. The van der Waals surface area contributed by atoms with Gasteiger partial charge in [-0.25, -0.2) is 0 Å². The van der Waals surface area contributed by atoms with Crippen LogP contribution in [0.25, 0.3) is 6.08 Å². The summed E-state index contributed by atoms with van der Waals surface area (Å²) in [5.74, 6) is -0.368. The SMILES string of the molecule is CC1=NN(C(=O)C(C)Oc2ccc(C)cc2C)C(=O)/C1=C\c1ccc(Cl)cc1. The van der Waals surface area contributed by atoms with Crippen molar-refractivity contribution in [2.24, 2.45) is 5.10 Å². The van der Waals surface area contributed by atoms with E-state index in [0.717, 1.165) is 21.7 Å². The molecule has 5 nitrogen and oxygen atoms in total. The van der Waals surface area contributed by atoms with Crippen LogP contribution in [0.1, 0.15) is 30.5 Å². The van der Waals surface area contributed by atoms with Crippen LogP contribution in [0.4, 0.5) is 0 Å². The highest BCUT2D eigenvalue weighted by Crippen LogP contribution is 2.23. The van der Waals surface area contributed by atoms with Crippen LogP contribution < -0.4 is 4.74 Å². The molecular formula is C22H21ClN2O3. The number of aryl methyl sites for hydroxylation is 2. The smallest absolute Gasteiger partial charge is 0.290 e. The molecule has 1 aliphatic heterocycles. The van der Waals surface area contributed by atoms with Crippen molar-refractivity contribution in [2.45, 2.75) is 33.8 Å². The molecule has 1 aliphatic rings. The van der Waals surface area contributed by atoms with Crippen molar-refractivity contribution in [3.63, 3.8) is 0 Å². The summed E-state index contributed by atoms with van der Waals surface area (Å²) >= 11 is 5.89. The molecule has 0 saturated heterocycles. The van der Waals surface area contributed by atoms with E-state index in [1.165, 1.54) is 0 Å². The van der Waals surface area contributed by atoms with E-state index in [1.54, 1.807) is 44.2 Å². The first-order chi connectivity index (χ1) is 13.3. The molecule has 28 heavy (non-hydrogen) atoms. The monoisotopic (exact) mass is 396 g/mol. The maximum Gasteiger partial charge on any atom is 0.290 e. The summed E-state index contributed by atoms with van der Waals surface area (Å²) in [6.45, 7) is 7.21. The van der Waals surface area contributed by atoms with Gasteiger partial charge in [-0.1, -0.05) is 41.4 Å². The number of nitrogens with zero attached hydrogens (tertiary/aromatic N) is 2. The van der Waals surface area contributed by atoms with Gasteiger partial charge in [0.05, 0.1) is 11.3 Å². The Labute approximate surface area is 169 Å². The van der Waals surface area contributed by atoms with E-state index >= 15 is 0 Å². The lowest BCUT2D eigenvalue weighted by Crippen LogP contribution is -2.39. The fourth-order valence-corrected chi connectivity index (χ4v) is 3.03. The van der Waals surface area contributed by atoms with Crippen LogP contribution >= 0.6 is 11.6 Å². The Kier molecular flexibility index (Phi) is 5.66. The van der Waals surface area contributed by atoms with E-state index in [-0.39, 0.29) is 0 Å². The number of amides is 2. The molecule has 3 rings (SSSR count). The highest BCUT2D eigenvalue weighted by molar-refractivity contribution is 6.31. The number of rotatable bonds is 4. The Morgan fingerprint density at radius 1 is 1.14 bits per heavy atom. The number of imide groups is 1. The molecule has 0 spiro atoms. The highest BCUT2D eigenvalue weighted by Gasteiger charge is 2.35. The van der Waals surface area contributed by atoms with E-state index in [4.69, 9.17) is 16.3 Å². The van der Waals surface area contributed by atoms with E-state index < -0.39 is 17.9 Å². The standard InChI is InChI=1S/C22H21ClN2O3/c1-13-5-10-20(14(2)11-13)28-16(4)21(26)25-22(27)19(15(3)24-25)12-17-6-8-18(23)9-7-17/h5-12,16H,1-4H3/b19-12-. The zero-order chi connectivity index (χ0) is 20.4. The second-order valence-electron chi connectivity index (χ2n) is 6.78. The molecule has 0 N–H and O–H groups in total. The van der Waals surface area contributed by atoms with Crippen LogP contribution in [-0.2, 0) is 9.59 Å². The van der Waals surface area contributed by atoms with Crippen molar-refractivity contribution < 1.29 is 14.3 Å². The number of ether oxygens (including phenoxy) is 1. The number of carbonyl (C=O) groups is 2. The lowest BCUT2D eigenvalue weighted by molar-refractivity contribution is -0.146. The summed E-state index contributed by atoms with van der Waals surface area (Å²) in [6, 6.07) is 12.8. The Hall–Kier alpha value is -2.92. The molecule has 6 heteroatoms. The fourth-order valence-electron chi connectivity index (χ4n) is 2.90. The summed E-state index contributed by atoms with van der Waals surface area (Å²) in [5, 5.41) is 5.63. The molecule has 0 saturated carbocycles. The third kappa shape index (κ3) is 4.15. The molecule has 0 aliphatic carbocycles. The molecule has 2 aromatic rings. The Balaban J connectivity index is 1.77. The molecule has 1 unspecified atom stereocenters. The second-order valence-corrected chi connectivity index (χ2v) is 7.22. The van der Waals surface area contributed by atoms with Crippen molar-refractivity contribution in [1.29, 1.82) is 0 Å². The van der Waals surface area contributed by atoms with Crippen LogP contribution in [0.15, 0.2) is 53.1 Å². The minimum Gasteiger partial charge on any atom is -0.481 e. The van der Waals surface area contributed by atoms with Gasteiger partial charge in [0.25, 0.3) is 11.8 Å². The van der Waals surface area contributed by atoms with Crippen LogP contribution in [0.3, 0.4) is 0 Å². The molecule has 1 heterocycles. The number of carbonyl (C=O) groups excluding carboxylic acids is 2. The van der Waals surface area contributed by atoms with Crippen molar-refractivity contribution >= 4 is 35.2 Å². The Morgan fingerprint density at radius 3 is 2.46 bits per heavy atom. The minimum absolute atomic E-state index is 0.370. The minimum atomic E-state index is -0.850. The topological polar surface area (TPSA) is 59.0 Å². The van der Waals surface area contributed by atoms with Gasteiger partial charge in [-0.3, -0.25) is 9.59 Å². The summed E-state index contributed by atoms with van der Waals surface area (Å²) < 4.78 is 5.78. The molecule has 144 valence electrons. The van der Waals surface area contributed by atoms with Crippen molar-refractivity contribution in [3.05, 3.63) is 69.8 Å². The van der Waals surface area contributed by atoms with Crippen LogP contribution in [0, 0.1) is 13.8 Å². The van der Waals surface area contributed by atoms with Crippen molar-refractivity contribution in [1.82, 2.24) is 5.01 Å². The summed E-state index contributed by atoms with van der Waals surface area (Å²) in [7, 11) is 0. The molecule has 0 radical (unpaired) electrons. The van der Waals surface area contributed by atoms with Crippen molar-refractivity contribution in [2.75, 3.05) is 0 Å². The Morgan fingerprint density at radius 2 is 1.82 bits per heavy atom. The molecule has 0 fully saturated rings. The third-order valence-corrected chi connectivity index (χ3v) is 4.69. The van der Waals surface area contributed by atoms with Gasteiger partial charge in [-0.2, -0.15) is 10.1 Å². The largest absolute Gasteiger partial charge is 0.481 e. The average molecular weight is 397 g/mol. The van der Waals surface area contributed by atoms with Crippen LogP contribution in [0.5, 0.6) is 5.75 Å². The van der Waals surface area contributed by atoms with Gasteiger partial charge in [0.15, 0.2) is 6.10 Å². The molecular weight excluding hydrogens is 376 g/mol. The average Bonchev–Trinajstić information content (AvgIpc) is 2.93. The summed E-state index contributed by atoms with van der Waals surface area (Å²) in [6.07, 6.45) is 0.845. The number of halogens is 1. The zero-order valence-corrected chi connectivity index (χ0v) is 16.9. The number of hydrazone groups is 1. The Bertz CT molecular complexity index is 993. The molecule has 0 bridgehead atoms. The normalized spacial score (nSPS) is 16.3. The quantitative estimate of drug-likeness (QED) is 0.712. The third-order valence-electron chi connectivity index (χ3n) is 4.43. The first kappa shape index (κ1) is 19.8.